The van der Waals surface area contributed by atoms with Crippen molar-refractivity contribution in [3.05, 3.63) is 42.5 Å². The van der Waals surface area contributed by atoms with Gasteiger partial charge in [0, 0.05) is 29.9 Å². The van der Waals surface area contributed by atoms with Gasteiger partial charge in [-0.05, 0) is 44.1 Å². The van der Waals surface area contributed by atoms with Crippen LogP contribution in [0, 0.1) is 0 Å². The summed E-state index contributed by atoms with van der Waals surface area (Å²) in [7, 11) is 1.89. The van der Waals surface area contributed by atoms with E-state index in [9.17, 15) is 0 Å². The van der Waals surface area contributed by atoms with E-state index >= 15 is 0 Å². The van der Waals surface area contributed by atoms with Gasteiger partial charge in [0.15, 0.2) is 5.82 Å². The smallest absolute Gasteiger partial charge is 0.258 e. The Kier molecular flexibility index (Phi) is 4.01. The number of hydrogen-bond acceptors (Lipinski definition) is 6. The molecule has 7 heteroatoms. The summed E-state index contributed by atoms with van der Waals surface area (Å²) in [5.74, 6) is 1.36. The number of nitrogens with one attached hydrogen (secondary N) is 2. The summed E-state index contributed by atoms with van der Waals surface area (Å²) in [4.78, 5) is 4.68. The van der Waals surface area contributed by atoms with Gasteiger partial charge in [0.1, 0.15) is 0 Å². The zero-order valence-electron chi connectivity index (χ0n) is 14.5. The first-order chi connectivity index (χ1) is 12.1. The molecule has 0 unspecified atom stereocenters. The van der Waals surface area contributed by atoms with Gasteiger partial charge in [-0.3, -0.25) is 4.68 Å². The van der Waals surface area contributed by atoms with Crippen molar-refractivity contribution in [1.82, 2.24) is 25.2 Å². The second kappa shape index (κ2) is 6.33. The minimum Gasteiger partial charge on any atom is -0.353 e. The fourth-order valence-electron chi connectivity index (χ4n) is 3.17. The number of benzene rings is 1. The normalized spacial score (nSPS) is 16.7. The van der Waals surface area contributed by atoms with E-state index in [0.29, 0.717) is 5.89 Å². The molecular weight excluding hydrogens is 316 g/mol. The number of aryl methyl sites for hydroxylation is 1. The Morgan fingerprint density at radius 1 is 1.24 bits per heavy atom. The van der Waals surface area contributed by atoms with E-state index in [1.807, 2.05) is 37.5 Å². The molecule has 1 aliphatic rings. The van der Waals surface area contributed by atoms with E-state index in [0.717, 1.165) is 48.7 Å². The molecular formula is C18H22N6O. The molecule has 0 spiro atoms. The third kappa shape index (κ3) is 3.28. The summed E-state index contributed by atoms with van der Waals surface area (Å²) in [5.41, 5.74) is 2.79. The summed E-state index contributed by atoms with van der Waals surface area (Å²) < 4.78 is 7.31. The summed E-state index contributed by atoms with van der Waals surface area (Å²) >= 11 is 0. The Morgan fingerprint density at radius 2 is 2.08 bits per heavy atom. The molecule has 1 aromatic carbocycles. The Balaban J connectivity index is 1.57. The SMILES string of the molecule is Cn1cc(Nc2cccc(-c3nc(C4(C)CCNCC4)no3)c2)cn1. The van der Waals surface area contributed by atoms with Crippen molar-refractivity contribution in [2.45, 2.75) is 25.2 Å². The molecule has 2 aromatic heterocycles. The summed E-state index contributed by atoms with van der Waals surface area (Å²) in [6.45, 7) is 4.19. The number of piperidine rings is 1. The van der Waals surface area contributed by atoms with Gasteiger partial charge in [-0.2, -0.15) is 10.1 Å². The highest BCUT2D eigenvalue weighted by atomic mass is 16.5. The first-order valence-corrected chi connectivity index (χ1v) is 8.53. The first-order valence-electron chi connectivity index (χ1n) is 8.53. The van der Waals surface area contributed by atoms with Crippen molar-refractivity contribution >= 4 is 11.4 Å². The van der Waals surface area contributed by atoms with Crippen LogP contribution in [0.3, 0.4) is 0 Å². The van der Waals surface area contributed by atoms with Crippen molar-refractivity contribution in [3.8, 4) is 11.5 Å². The van der Waals surface area contributed by atoms with Crippen molar-refractivity contribution in [1.29, 1.82) is 0 Å². The first kappa shape index (κ1) is 15.8. The Hall–Kier alpha value is -2.67. The van der Waals surface area contributed by atoms with Crippen LogP contribution in [0.1, 0.15) is 25.6 Å². The second-order valence-electron chi connectivity index (χ2n) is 6.84. The number of aromatic nitrogens is 4. The Bertz CT molecular complexity index is 862. The van der Waals surface area contributed by atoms with Crippen molar-refractivity contribution in [2.75, 3.05) is 18.4 Å². The highest BCUT2D eigenvalue weighted by Crippen LogP contribution is 2.32. The molecule has 130 valence electrons. The fourth-order valence-corrected chi connectivity index (χ4v) is 3.17. The van der Waals surface area contributed by atoms with Crippen molar-refractivity contribution < 1.29 is 4.52 Å². The van der Waals surface area contributed by atoms with Crippen LogP contribution in [0.4, 0.5) is 11.4 Å². The maximum Gasteiger partial charge on any atom is 0.258 e. The maximum atomic E-state index is 5.55. The highest BCUT2D eigenvalue weighted by molar-refractivity contribution is 5.66. The van der Waals surface area contributed by atoms with Crippen LogP contribution in [0.2, 0.25) is 0 Å². The van der Waals surface area contributed by atoms with Gasteiger partial charge in [0.2, 0.25) is 0 Å². The predicted octanol–water partition coefficient (Wildman–Crippen LogP) is 2.85. The van der Waals surface area contributed by atoms with Gasteiger partial charge in [0.05, 0.1) is 11.9 Å². The highest BCUT2D eigenvalue weighted by Gasteiger charge is 2.33. The van der Waals surface area contributed by atoms with Crippen LogP contribution in [0.5, 0.6) is 0 Å². The van der Waals surface area contributed by atoms with Crippen LogP contribution >= 0.6 is 0 Å². The van der Waals surface area contributed by atoms with Crippen LogP contribution in [0.15, 0.2) is 41.2 Å². The van der Waals surface area contributed by atoms with E-state index in [1.54, 1.807) is 10.9 Å². The molecule has 0 saturated carbocycles. The van der Waals surface area contributed by atoms with E-state index < -0.39 is 0 Å². The lowest BCUT2D eigenvalue weighted by Gasteiger charge is -2.30. The Labute approximate surface area is 146 Å². The zero-order valence-corrected chi connectivity index (χ0v) is 14.5. The molecule has 1 aliphatic heterocycles. The number of rotatable bonds is 4. The second-order valence-corrected chi connectivity index (χ2v) is 6.84. The lowest BCUT2D eigenvalue weighted by atomic mass is 9.80. The molecule has 0 radical (unpaired) electrons. The van der Waals surface area contributed by atoms with Gasteiger partial charge in [-0.1, -0.05) is 18.1 Å². The molecule has 25 heavy (non-hydrogen) atoms. The average Bonchev–Trinajstić information content (AvgIpc) is 3.26. The minimum absolute atomic E-state index is 0.0153. The van der Waals surface area contributed by atoms with Gasteiger partial charge in [0.25, 0.3) is 5.89 Å². The molecule has 7 nitrogen and oxygen atoms in total. The van der Waals surface area contributed by atoms with Gasteiger partial charge in [-0.25, -0.2) is 0 Å². The van der Waals surface area contributed by atoms with Gasteiger partial charge in [-0.15, -0.1) is 0 Å². The fraction of sp³-hybridized carbons (Fsp3) is 0.389. The molecule has 0 bridgehead atoms. The van der Waals surface area contributed by atoms with Crippen LogP contribution in [0.25, 0.3) is 11.5 Å². The number of nitrogens with zero attached hydrogens (tertiary/aromatic N) is 4. The van der Waals surface area contributed by atoms with Crippen LogP contribution in [-0.2, 0) is 12.5 Å². The quantitative estimate of drug-likeness (QED) is 0.761. The lowest BCUT2D eigenvalue weighted by molar-refractivity contribution is 0.303. The van der Waals surface area contributed by atoms with Gasteiger partial charge < -0.3 is 15.2 Å². The molecule has 0 amide bonds. The molecule has 3 heterocycles. The van der Waals surface area contributed by atoms with E-state index in [-0.39, 0.29) is 5.41 Å². The van der Waals surface area contributed by atoms with E-state index in [1.165, 1.54) is 0 Å². The summed E-state index contributed by atoms with van der Waals surface area (Å²) in [6, 6.07) is 7.97. The molecule has 2 N–H and O–H groups in total. The zero-order chi connectivity index (χ0) is 17.3. The van der Waals surface area contributed by atoms with Crippen LogP contribution in [-0.4, -0.2) is 33.0 Å². The average molecular weight is 338 g/mol. The standard InChI is InChI=1S/C18H22N6O/c1-18(6-8-19-9-7-18)17-22-16(25-23-17)13-4-3-5-14(10-13)21-15-11-20-24(2)12-15/h3-5,10-12,19,21H,6-9H2,1-2H3. The topological polar surface area (TPSA) is 80.8 Å². The molecule has 3 aromatic rings. The Morgan fingerprint density at radius 3 is 2.84 bits per heavy atom. The van der Waals surface area contributed by atoms with Crippen molar-refractivity contribution in [3.63, 3.8) is 0 Å². The van der Waals surface area contributed by atoms with Gasteiger partial charge >= 0.3 is 0 Å². The largest absolute Gasteiger partial charge is 0.353 e. The maximum absolute atomic E-state index is 5.55. The molecule has 0 atom stereocenters. The summed E-state index contributed by atoms with van der Waals surface area (Å²) in [5, 5.41) is 15.1. The molecule has 0 aliphatic carbocycles. The third-order valence-electron chi connectivity index (χ3n) is 4.78. The van der Waals surface area contributed by atoms with E-state index in [2.05, 4.69) is 32.8 Å². The number of anilines is 2. The molecule has 1 fully saturated rings. The molecule has 1 saturated heterocycles. The minimum atomic E-state index is -0.0153. The van der Waals surface area contributed by atoms with Crippen molar-refractivity contribution in [2.24, 2.45) is 7.05 Å². The number of hydrogen-bond donors (Lipinski definition) is 2. The lowest BCUT2D eigenvalue weighted by Crippen LogP contribution is -2.38. The molecule has 4 rings (SSSR count). The van der Waals surface area contributed by atoms with E-state index in [4.69, 9.17) is 4.52 Å². The van der Waals surface area contributed by atoms with Crippen LogP contribution < -0.4 is 10.6 Å². The summed E-state index contributed by atoms with van der Waals surface area (Å²) in [6.07, 6.45) is 5.76. The predicted molar refractivity (Wildman–Crippen MR) is 95.7 cm³/mol. The third-order valence-corrected chi connectivity index (χ3v) is 4.78. The monoisotopic (exact) mass is 338 g/mol.